The SMILES string of the molecule is Cc1cc(S(=O)CCS(=O)(=O)C(C)C)ccc1N. The van der Waals surface area contributed by atoms with Crippen molar-refractivity contribution in [3.63, 3.8) is 0 Å². The van der Waals surface area contributed by atoms with Gasteiger partial charge in [-0.3, -0.25) is 4.21 Å². The van der Waals surface area contributed by atoms with Gasteiger partial charge in [-0.15, -0.1) is 0 Å². The summed E-state index contributed by atoms with van der Waals surface area (Å²) in [6, 6.07) is 5.12. The smallest absolute Gasteiger partial charge is 0.153 e. The number of aryl methyl sites for hydroxylation is 1. The van der Waals surface area contributed by atoms with Crippen LogP contribution in [-0.4, -0.2) is 29.4 Å². The van der Waals surface area contributed by atoms with E-state index >= 15 is 0 Å². The summed E-state index contributed by atoms with van der Waals surface area (Å²) in [5.74, 6) is 0.0740. The number of nitrogen functional groups attached to an aromatic ring is 1. The average Bonchev–Trinajstić information content (AvgIpc) is 2.29. The van der Waals surface area contributed by atoms with Crippen molar-refractivity contribution in [2.45, 2.75) is 30.9 Å². The van der Waals surface area contributed by atoms with E-state index in [1.165, 1.54) is 0 Å². The fourth-order valence-electron chi connectivity index (χ4n) is 1.34. The lowest BCUT2D eigenvalue weighted by Crippen LogP contribution is -2.21. The first-order valence-corrected chi connectivity index (χ1v) is 8.73. The maximum Gasteiger partial charge on any atom is 0.153 e. The van der Waals surface area contributed by atoms with Gasteiger partial charge < -0.3 is 5.73 Å². The molecule has 1 atom stereocenters. The molecule has 0 spiro atoms. The zero-order chi connectivity index (χ0) is 13.9. The highest BCUT2D eigenvalue weighted by molar-refractivity contribution is 7.93. The molecule has 0 aromatic heterocycles. The van der Waals surface area contributed by atoms with Gasteiger partial charge in [0.05, 0.1) is 21.8 Å². The Morgan fingerprint density at radius 1 is 1.33 bits per heavy atom. The van der Waals surface area contributed by atoms with Crippen LogP contribution in [0, 0.1) is 6.92 Å². The Morgan fingerprint density at radius 3 is 2.44 bits per heavy atom. The zero-order valence-electron chi connectivity index (χ0n) is 10.8. The van der Waals surface area contributed by atoms with Gasteiger partial charge in [0.15, 0.2) is 9.84 Å². The van der Waals surface area contributed by atoms with Crippen LogP contribution in [-0.2, 0) is 20.6 Å². The maximum absolute atomic E-state index is 12.0. The van der Waals surface area contributed by atoms with Crippen LogP contribution in [0.4, 0.5) is 5.69 Å². The molecule has 0 radical (unpaired) electrons. The number of anilines is 1. The minimum atomic E-state index is -3.14. The van der Waals surface area contributed by atoms with Crippen LogP contribution in [0.3, 0.4) is 0 Å². The van der Waals surface area contributed by atoms with Crippen LogP contribution in [0.15, 0.2) is 23.1 Å². The van der Waals surface area contributed by atoms with E-state index in [4.69, 9.17) is 5.73 Å². The summed E-state index contributed by atoms with van der Waals surface area (Å²) in [4.78, 5) is 0.626. The largest absolute Gasteiger partial charge is 0.399 e. The summed E-state index contributed by atoms with van der Waals surface area (Å²) in [5.41, 5.74) is 7.18. The monoisotopic (exact) mass is 289 g/mol. The normalized spacial score (nSPS) is 13.8. The molecule has 0 saturated heterocycles. The fourth-order valence-corrected chi connectivity index (χ4v) is 4.11. The van der Waals surface area contributed by atoms with E-state index < -0.39 is 25.9 Å². The molecular formula is C12H19NO3S2. The second kappa shape index (κ2) is 5.84. The summed E-state index contributed by atoms with van der Waals surface area (Å²) in [5, 5.41) is -0.428. The quantitative estimate of drug-likeness (QED) is 0.833. The van der Waals surface area contributed by atoms with Gasteiger partial charge in [0.1, 0.15) is 0 Å². The lowest BCUT2D eigenvalue weighted by Gasteiger charge is -2.08. The molecule has 0 aliphatic rings. The van der Waals surface area contributed by atoms with Crippen molar-refractivity contribution in [3.05, 3.63) is 23.8 Å². The van der Waals surface area contributed by atoms with E-state index in [-0.39, 0.29) is 11.5 Å². The molecule has 18 heavy (non-hydrogen) atoms. The number of hydrogen-bond acceptors (Lipinski definition) is 4. The summed E-state index contributed by atoms with van der Waals surface area (Å²) >= 11 is 0. The second-order valence-corrected chi connectivity index (χ2v) is 8.73. The van der Waals surface area contributed by atoms with Crippen LogP contribution in [0.2, 0.25) is 0 Å². The molecule has 4 nitrogen and oxygen atoms in total. The highest BCUT2D eigenvalue weighted by Gasteiger charge is 2.17. The van der Waals surface area contributed by atoms with Gasteiger partial charge in [0.25, 0.3) is 0 Å². The molecule has 0 heterocycles. The standard InChI is InChI=1S/C12H19NO3S2/c1-9(2)18(15,16)7-6-17(14)11-4-5-12(13)10(3)8-11/h4-5,8-9H,6-7,13H2,1-3H3. The van der Waals surface area contributed by atoms with E-state index in [0.29, 0.717) is 10.6 Å². The topological polar surface area (TPSA) is 77.2 Å². The Hall–Kier alpha value is -0.880. The molecular weight excluding hydrogens is 270 g/mol. The highest BCUT2D eigenvalue weighted by Crippen LogP contribution is 2.16. The second-order valence-electron chi connectivity index (χ2n) is 4.48. The van der Waals surface area contributed by atoms with Crippen molar-refractivity contribution in [2.24, 2.45) is 0 Å². The van der Waals surface area contributed by atoms with E-state index in [2.05, 4.69) is 0 Å². The van der Waals surface area contributed by atoms with Gasteiger partial charge in [0, 0.05) is 16.3 Å². The minimum absolute atomic E-state index is 0.0549. The Bertz CT molecular complexity index is 550. The van der Waals surface area contributed by atoms with Crippen molar-refractivity contribution >= 4 is 26.3 Å². The first-order valence-electron chi connectivity index (χ1n) is 5.70. The van der Waals surface area contributed by atoms with Crippen molar-refractivity contribution < 1.29 is 12.6 Å². The fraction of sp³-hybridized carbons (Fsp3) is 0.500. The lowest BCUT2D eigenvalue weighted by atomic mass is 10.2. The number of rotatable bonds is 5. The summed E-state index contributed by atoms with van der Waals surface area (Å²) in [7, 11) is -4.44. The summed E-state index contributed by atoms with van der Waals surface area (Å²) in [6.45, 7) is 5.10. The van der Waals surface area contributed by atoms with Crippen molar-refractivity contribution in [1.29, 1.82) is 0 Å². The Labute approximate surface area is 111 Å². The Kier molecular flexibility index (Phi) is 4.92. The van der Waals surface area contributed by atoms with Gasteiger partial charge in [-0.25, -0.2) is 8.42 Å². The molecule has 0 saturated carbocycles. The predicted molar refractivity (Wildman–Crippen MR) is 75.8 cm³/mol. The molecule has 2 N–H and O–H groups in total. The van der Waals surface area contributed by atoms with E-state index in [0.717, 1.165) is 5.56 Å². The Balaban J connectivity index is 2.75. The predicted octanol–water partition coefficient (Wildman–Crippen LogP) is 1.51. The molecule has 6 heteroatoms. The van der Waals surface area contributed by atoms with Crippen molar-refractivity contribution in [3.8, 4) is 0 Å². The molecule has 0 amide bonds. The average molecular weight is 289 g/mol. The first-order chi connectivity index (χ1) is 8.24. The zero-order valence-corrected chi connectivity index (χ0v) is 12.5. The molecule has 102 valence electrons. The number of benzene rings is 1. The van der Waals surface area contributed by atoms with Crippen LogP contribution < -0.4 is 5.73 Å². The van der Waals surface area contributed by atoms with Gasteiger partial charge in [0.2, 0.25) is 0 Å². The molecule has 1 unspecified atom stereocenters. The van der Waals surface area contributed by atoms with Crippen LogP contribution in [0.5, 0.6) is 0 Å². The van der Waals surface area contributed by atoms with Crippen LogP contribution >= 0.6 is 0 Å². The molecule has 0 aliphatic heterocycles. The molecule has 0 bridgehead atoms. The summed E-state index contributed by atoms with van der Waals surface area (Å²) in [6.07, 6.45) is 0. The third-order valence-electron chi connectivity index (χ3n) is 2.78. The number of sulfone groups is 1. The summed E-state index contributed by atoms with van der Waals surface area (Å²) < 4.78 is 35.2. The van der Waals surface area contributed by atoms with E-state index in [1.807, 2.05) is 6.92 Å². The molecule has 0 fully saturated rings. The lowest BCUT2D eigenvalue weighted by molar-refractivity contribution is 0.588. The van der Waals surface area contributed by atoms with Crippen LogP contribution in [0.25, 0.3) is 0 Å². The molecule has 1 aromatic carbocycles. The van der Waals surface area contributed by atoms with Gasteiger partial charge in [-0.2, -0.15) is 0 Å². The highest BCUT2D eigenvalue weighted by atomic mass is 32.2. The van der Waals surface area contributed by atoms with E-state index in [1.54, 1.807) is 32.0 Å². The van der Waals surface area contributed by atoms with Crippen molar-refractivity contribution in [2.75, 3.05) is 17.2 Å². The Morgan fingerprint density at radius 2 is 1.94 bits per heavy atom. The molecule has 1 rings (SSSR count). The maximum atomic E-state index is 12.0. The van der Waals surface area contributed by atoms with Gasteiger partial charge >= 0.3 is 0 Å². The minimum Gasteiger partial charge on any atom is -0.399 e. The van der Waals surface area contributed by atoms with Gasteiger partial charge in [-0.05, 0) is 44.5 Å². The molecule has 1 aromatic rings. The van der Waals surface area contributed by atoms with Crippen molar-refractivity contribution in [1.82, 2.24) is 0 Å². The first kappa shape index (κ1) is 15.2. The number of hydrogen-bond donors (Lipinski definition) is 1. The third kappa shape index (κ3) is 3.81. The van der Waals surface area contributed by atoms with Gasteiger partial charge in [-0.1, -0.05) is 0 Å². The van der Waals surface area contributed by atoms with Crippen LogP contribution in [0.1, 0.15) is 19.4 Å². The third-order valence-corrected chi connectivity index (χ3v) is 6.60. The molecule has 0 aliphatic carbocycles. The van der Waals surface area contributed by atoms with E-state index in [9.17, 15) is 12.6 Å². The number of nitrogens with two attached hydrogens (primary N) is 1.